The van der Waals surface area contributed by atoms with E-state index in [1.54, 1.807) is 18.7 Å². The summed E-state index contributed by atoms with van der Waals surface area (Å²) < 4.78 is 35.3. The van der Waals surface area contributed by atoms with Gasteiger partial charge < -0.3 is 13.9 Å². The van der Waals surface area contributed by atoms with Gasteiger partial charge in [0.15, 0.2) is 17.5 Å². The Kier molecular flexibility index (Phi) is 6.46. The molecule has 0 radical (unpaired) electrons. The Bertz CT molecular complexity index is 1370. The predicted octanol–water partition coefficient (Wildman–Crippen LogP) is 5.05. The molecule has 5 heterocycles. The van der Waals surface area contributed by atoms with Crippen LogP contribution in [0.2, 0.25) is 0 Å². The smallest absolute Gasteiger partial charge is 0.225 e. The lowest BCUT2D eigenvalue weighted by Crippen LogP contribution is -2.45. The first-order valence-electron chi connectivity index (χ1n) is 12.9. The molecule has 0 saturated carbocycles. The number of imidazole rings is 1. The van der Waals surface area contributed by atoms with Crippen LogP contribution in [0.1, 0.15) is 37.3 Å². The van der Waals surface area contributed by atoms with Crippen molar-refractivity contribution in [3.63, 3.8) is 0 Å². The molecule has 7 nitrogen and oxygen atoms in total. The third kappa shape index (κ3) is 4.75. The molecule has 0 unspecified atom stereocenters. The van der Waals surface area contributed by atoms with Crippen molar-refractivity contribution in [2.45, 2.75) is 38.3 Å². The number of fused-ring (bicyclic) bond motifs is 1. The van der Waals surface area contributed by atoms with E-state index >= 15 is 0 Å². The molecular formula is C28H29F2N5O2. The fourth-order valence-electron chi connectivity index (χ4n) is 5.72. The van der Waals surface area contributed by atoms with Gasteiger partial charge in [0, 0.05) is 55.5 Å². The lowest BCUT2D eigenvalue weighted by molar-refractivity contribution is -0.138. The second-order valence-corrected chi connectivity index (χ2v) is 10.0. The van der Waals surface area contributed by atoms with Gasteiger partial charge in [-0.05, 0) is 57.0 Å². The van der Waals surface area contributed by atoms with Crippen LogP contribution in [0.25, 0.3) is 22.6 Å². The van der Waals surface area contributed by atoms with Crippen LogP contribution in [0, 0.1) is 17.6 Å². The first kappa shape index (κ1) is 23.8. The summed E-state index contributed by atoms with van der Waals surface area (Å²) in [7, 11) is 0. The first-order valence-corrected chi connectivity index (χ1v) is 12.9. The van der Waals surface area contributed by atoms with Crippen LogP contribution in [-0.4, -0.2) is 56.4 Å². The Balaban J connectivity index is 1.15. The largest absolute Gasteiger partial charge is 0.472 e. The topological polar surface area (TPSA) is 67.4 Å². The molecular weight excluding hydrogens is 476 g/mol. The van der Waals surface area contributed by atoms with E-state index in [2.05, 4.69) is 14.9 Å². The van der Waals surface area contributed by atoms with E-state index < -0.39 is 11.6 Å². The molecule has 37 heavy (non-hydrogen) atoms. The molecule has 9 heteroatoms. The summed E-state index contributed by atoms with van der Waals surface area (Å²) in [5, 5.41) is 0. The number of carbonyl (C=O) groups is 1. The zero-order valence-corrected chi connectivity index (χ0v) is 20.5. The molecule has 192 valence electrons. The number of rotatable bonds is 5. The van der Waals surface area contributed by atoms with Crippen LogP contribution >= 0.6 is 0 Å². The summed E-state index contributed by atoms with van der Waals surface area (Å²) in [6.45, 7) is 3.90. The maximum Gasteiger partial charge on any atom is 0.225 e. The molecule has 6 rings (SSSR count). The van der Waals surface area contributed by atoms with Gasteiger partial charge in [0.05, 0.1) is 23.6 Å². The summed E-state index contributed by atoms with van der Waals surface area (Å²) in [4.78, 5) is 26.7. The van der Waals surface area contributed by atoms with Crippen molar-refractivity contribution in [2.24, 2.45) is 5.92 Å². The minimum absolute atomic E-state index is 0.00715. The van der Waals surface area contributed by atoms with E-state index in [0.29, 0.717) is 35.6 Å². The maximum atomic E-state index is 14.2. The van der Waals surface area contributed by atoms with Crippen LogP contribution in [0.4, 0.5) is 8.78 Å². The Morgan fingerprint density at radius 2 is 1.78 bits per heavy atom. The van der Waals surface area contributed by atoms with Gasteiger partial charge in [0.25, 0.3) is 0 Å². The van der Waals surface area contributed by atoms with E-state index in [0.717, 1.165) is 56.9 Å². The lowest BCUT2D eigenvalue weighted by Gasteiger charge is -2.38. The zero-order chi connectivity index (χ0) is 25.4. The van der Waals surface area contributed by atoms with Crippen LogP contribution in [0.15, 0.2) is 59.5 Å². The lowest BCUT2D eigenvalue weighted by atomic mass is 9.93. The number of carbonyl (C=O) groups excluding carboxylic acids is 1. The third-order valence-corrected chi connectivity index (χ3v) is 7.69. The van der Waals surface area contributed by atoms with Gasteiger partial charge >= 0.3 is 0 Å². The summed E-state index contributed by atoms with van der Waals surface area (Å²) in [6, 6.07) is 9.89. The predicted molar refractivity (Wildman–Crippen MR) is 134 cm³/mol. The van der Waals surface area contributed by atoms with Crippen molar-refractivity contribution >= 4 is 16.9 Å². The Morgan fingerprint density at radius 1 is 1.00 bits per heavy atom. The monoisotopic (exact) mass is 505 g/mol. The van der Waals surface area contributed by atoms with Crippen molar-refractivity contribution in [1.29, 1.82) is 0 Å². The molecule has 0 aliphatic carbocycles. The number of hydrogen-bond donors (Lipinski definition) is 0. The molecule has 2 aliphatic rings. The zero-order valence-electron chi connectivity index (χ0n) is 20.5. The quantitative estimate of drug-likeness (QED) is 0.380. The number of likely N-dealkylation sites (tertiary alicyclic amines) is 2. The average Bonchev–Trinajstić information content (AvgIpc) is 3.57. The van der Waals surface area contributed by atoms with Gasteiger partial charge in [0.1, 0.15) is 5.69 Å². The van der Waals surface area contributed by atoms with Gasteiger partial charge in [-0.3, -0.25) is 14.7 Å². The van der Waals surface area contributed by atoms with E-state index in [-0.39, 0.29) is 17.9 Å². The number of amides is 1. The van der Waals surface area contributed by atoms with Crippen molar-refractivity contribution in [3.05, 3.63) is 72.3 Å². The van der Waals surface area contributed by atoms with E-state index in [9.17, 15) is 13.6 Å². The Labute approximate surface area is 213 Å². The molecule has 1 amide bonds. The summed E-state index contributed by atoms with van der Waals surface area (Å²) >= 11 is 0. The minimum atomic E-state index is -0.916. The highest BCUT2D eigenvalue weighted by Gasteiger charge is 2.32. The second kappa shape index (κ2) is 10.0. The Hall–Kier alpha value is -3.59. The molecule has 0 atom stereocenters. The van der Waals surface area contributed by atoms with Crippen LogP contribution < -0.4 is 0 Å². The number of piperidine rings is 2. The van der Waals surface area contributed by atoms with Gasteiger partial charge in [0.2, 0.25) is 5.91 Å². The molecule has 2 aliphatic heterocycles. The number of halogens is 2. The highest BCUT2D eigenvalue weighted by Crippen LogP contribution is 2.34. The number of hydrogen-bond acceptors (Lipinski definition) is 5. The SMILES string of the molecule is O=C(C1CCN(Cc2ccoc2)CC1)N1CCC(n2c(-c3ccccn3)nc3cc(F)c(F)cc32)CC1. The fourth-order valence-corrected chi connectivity index (χ4v) is 5.72. The van der Waals surface area contributed by atoms with Crippen LogP contribution in [0.5, 0.6) is 0 Å². The fraction of sp³-hybridized carbons (Fsp3) is 0.393. The summed E-state index contributed by atoms with van der Waals surface area (Å²) in [5.41, 5.74) is 2.77. The summed E-state index contributed by atoms with van der Waals surface area (Å²) in [5.74, 6) is -0.938. The van der Waals surface area contributed by atoms with E-state index in [4.69, 9.17) is 4.42 Å². The minimum Gasteiger partial charge on any atom is -0.472 e. The van der Waals surface area contributed by atoms with E-state index in [1.807, 2.05) is 33.7 Å². The Morgan fingerprint density at radius 3 is 2.49 bits per heavy atom. The standard InChI is InChI=1S/C28H29F2N5O2/c29-22-15-25-26(16-23(22)30)35(27(32-25)24-3-1-2-9-31-24)21-6-12-34(13-7-21)28(36)20-4-10-33(11-5-20)17-19-8-14-37-18-19/h1-3,8-9,14-16,18,20-21H,4-7,10-13,17H2. The second-order valence-electron chi connectivity index (χ2n) is 10.0. The molecule has 3 aromatic heterocycles. The number of nitrogens with zero attached hydrogens (tertiary/aromatic N) is 5. The number of furan rings is 1. The summed E-state index contributed by atoms with van der Waals surface area (Å²) in [6.07, 6.45) is 8.30. The average molecular weight is 506 g/mol. The normalized spacial score (nSPS) is 18.1. The van der Waals surface area contributed by atoms with Gasteiger partial charge in [-0.1, -0.05) is 6.07 Å². The molecule has 2 saturated heterocycles. The van der Waals surface area contributed by atoms with Crippen molar-refractivity contribution < 1.29 is 18.0 Å². The molecule has 1 aromatic carbocycles. The van der Waals surface area contributed by atoms with Gasteiger partial charge in [-0.2, -0.15) is 0 Å². The van der Waals surface area contributed by atoms with Crippen molar-refractivity contribution in [2.75, 3.05) is 26.2 Å². The molecule has 2 fully saturated rings. The molecule has 4 aromatic rings. The highest BCUT2D eigenvalue weighted by molar-refractivity contribution is 5.81. The van der Waals surface area contributed by atoms with Gasteiger partial charge in [-0.25, -0.2) is 13.8 Å². The van der Waals surface area contributed by atoms with Gasteiger partial charge in [-0.15, -0.1) is 0 Å². The van der Waals surface area contributed by atoms with Crippen LogP contribution in [-0.2, 0) is 11.3 Å². The highest BCUT2D eigenvalue weighted by atomic mass is 19.2. The third-order valence-electron chi connectivity index (χ3n) is 7.69. The van der Waals surface area contributed by atoms with Crippen LogP contribution in [0.3, 0.4) is 0 Å². The number of benzene rings is 1. The molecule has 0 N–H and O–H groups in total. The van der Waals surface area contributed by atoms with Crippen molar-refractivity contribution in [1.82, 2.24) is 24.3 Å². The maximum absolute atomic E-state index is 14.2. The number of pyridine rings is 1. The first-order chi connectivity index (χ1) is 18.1. The van der Waals surface area contributed by atoms with Crippen molar-refractivity contribution in [3.8, 4) is 11.5 Å². The van der Waals surface area contributed by atoms with E-state index in [1.165, 1.54) is 6.07 Å². The molecule has 0 spiro atoms. The molecule has 0 bridgehead atoms. The number of aromatic nitrogens is 3.